The first-order valence-corrected chi connectivity index (χ1v) is 6.01. The Bertz CT molecular complexity index is 217. The summed E-state index contributed by atoms with van der Waals surface area (Å²) in [5.41, 5.74) is 0. The van der Waals surface area contributed by atoms with Gasteiger partial charge in [-0.2, -0.15) is 0 Å². The van der Waals surface area contributed by atoms with Gasteiger partial charge < -0.3 is 14.2 Å². The lowest BCUT2D eigenvalue weighted by Crippen LogP contribution is -2.36. The molecule has 0 amide bonds. The van der Waals surface area contributed by atoms with E-state index in [1.165, 1.54) is 7.11 Å². The van der Waals surface area contributed by atoms with E-state index in [4.69, 9.17) is 14.2 Å². The largest absolute Gasteiger partial charge is 0.469 e. The molecule has 1 saturated heterocycles. The molecule has 0 aromatic rings. The first-order valence-electron chi connectivity index (χ1n) is 6.01. The molecule has 1 aliphatic heterocycles. The predicted molar refractivity (Wildman–Crippen MR) is 59.9 cm³/mol. The third-order valence-corrected chi connectivity index (χ3v) is 3.19. The van der Waals surface area contributed by atoms with E-state index in [2.05, 4.69) is 6.92 Å². The second-order valence-corrected chi connectivity index (χ2v) is 4.16. The zero-order valence-corrected chi connectivity index (χ0v) is 10.4. The zero-order chi connectivity index (χ0) is 12.0. The summed E-state index contributed by atoms with van der Waals surface area (Å²) in [7, 11) is 1.43. The second kappa shape index (κ2) is 6.86. The number of ether oxygens (including phenoxy) is 3. The van der Waals surface area contributed by atoms with Crippen molar-refractivity contribution in [3.05, 3.63) is 0 Å². The Balaban J connectivity index is 2.49. The van der Waals surface area contributed by atoms with E-state index in [9.17, 15) is 4.79 Å². The first-order chi connectivity index (χ1) is 7.71. The van der Waals surface area contributed by atoms with Crippen LogP contribution in [0.1, 0.15) is 33.1 Å². The average molecular weight is 230 g/mol. The van der Waals surface area contributed by atoms with Crippen molar-refractivity contribution >= 4 is 5.97 Å². The van der Waals surface area contributed by atoms with Crippen LogP contribution in [-0.4, -0.2) is 32.6 Å². The van der Waals surface area contributed by atoms with Gasteiger partial charge in [-0.05, 0) is 18.8 Å². The summed E-state index contributed by atoms with van der Waals surface area (Å²) in [6.07, 6.45) is 2.15. The molecular formula is C12H22O4. The van der Waals surface area contributed by atoms with Crippen molar-refractivity contribution in [3.8, 4) is 0 Å². The fraction of sp³-hybridized carbons (Fsp3) is 0.917. The molecule has 0 bridgehead atoms. The van der Waals surface area contributed by atoms with Gasteiger partial charge in [-0.1, -0.05) is 13.3 Å². The smallest absolute Gasteiger partial charge is 0.305 e. The second-order valence-electron chi connectivity index (χ2n) is 4.16. The molecule has 4 nitrogen and oxygen atoms in total. The van der Waals surface area contributed by atoms with Crippen LogP contribution in [0.5, 0.6) is 0 Å². The summed E-state index contributed by atoms with van der Waals surface area (Å²) in [4.78, 5) is 11.3. The Kier molecular flexibility index (Phi) is 5.77. The topological polar surface area (TPSA) is 44.8 Å². The number of hydrogen-bond donors (Lipinski definition) is 0. The highest BCUT2D eigenvalue weighted by molar-refractivity contribution is 5.69. The van der Waals surface area contributed by atoms with E-state index in [-0.39, 0.29) is 12.3 Å². The Morgan fingerprint density at radius 1 is 1.38 bits per heavy atom. The maximum absolute atomic E-state index is 11.3. The van der Waals surface area contributed by atoms with Crippen molar-refractivity contribution in [2.75, 3.05) is 20.3 Å². The summed E-state index contributed by atoms with van der Waals surface area (Å²) in [6.45, 7) is 5.40. The third kappa shape index (κ3) is 3.76. The van der Waals surface area contributed by atoms with Crippen LogP contribution >= 0.6 is 0 Å². The Morgan fingerprint density at radius 3 is 2.69 bits per heavy atom. The lowest BCUT2D eigenvalue weighted by atomic mass is 9.83. The van der Waals surface area contributed by atoms with E-state index in [0.29, 0.717) is 31.5 Å². The highest BCUT2D eigenvalue weighted by atomic mass is 16.7. The molecule has 16 heavy (non-hydrogen) atoms. The minimum absolute atomic E-state index is 0.138. The highest BCUT2D eigenvalue weighted by Crippen LogP contribution is 2.31. The normalized spacial score (nSPS) is 30.1. The molecular weight excluding hydrogens is 208 g/mol. The van der Waals surface area contributed by atoms with Crippen molar-refractivity contribution in [2.45, 2.75) is 39.4 Å². The Labute approximate surface area is 97.2 Å². The van der Waals surface area contributed by atoms with Gasteiger partial charge in [-0.25, -0.2) is 0 Å². The van der Waals surface area contributed by atoms with Gasteiger partial charge in [0.15, 0.2) is 6.29 Å². The number of carbonyl (C=O) groups excluding carboxylic acids is 1. The summed E-state index contributed by atoms with van der Waals surface area (Å²) in [5.74, 6) is 0.624. The van der Waals surface area contributed by atoms with Gasteiger partial charge in [0.25, 0.3) is 0 Å². The Hall–Kier alpha value is -0.610. The molecule has 0 radical (unpaired) electrons. The molecule has 0 unspecified atom stereocenters. The van der Waals surface area contributed by atoms with Crippen LogP contribution in [0.2, 0.25) is 0 Å². The number of rotatable bonds is 5. The van der Waals surface area contributed by atoms with Gasteiger partial charge >= 0.3 is 5.97 Å². The van der Waals surface area contributed by atoms with Crippen molar-refractivity contribution in [1.29, 1.82) is 0 Å². The number of methoxy groups -OCH3 is 1. The van der Waals surface area contributed by atoms with Crippen molar-refractivity contribution in [2.24, 2.45) is 11.8 Å². The third-order valence-electron chi connectivity index (χ3n) is 3.19. The molecule has 0 spiro atoms. The predicted octanol–water partition coefficient (Wildman–Crippen LogP) is 1.97. The molecule has 0 aromatic carbocycles. The molecule has 0 saturated carbocycles. The molecule has 1 aliphatic rings. The molecule has 3 atom stereocenters. The maximum atomic E-state index is 11.3. The number of esters is 1. The summed E-state index contributed by atoms with van der Waals surface area (Å²) in [6, 6.07) is 0. The van der Waals surface area contributed by atoms with E-state index in [0.717, 1.165) is 12.8 Å². The lowest BCUT2D eigenvalue weighted by Gasteiger charge is -2.35. The van der Waals surface area contributed by atoms with Gasteiger partial charge in [0, 0.05) is 19.4 Å². The fourth-order valence-electron chi connectivity index (χ4n) is 2.18. The van der Waals surface area contributed by atoms with Crippen LogP contribution in [-0.2, 0) is 19.0 Å². The van der Waals surface area contributed by atoms with Crippen LogP contribution in [0.15, 0.2) is 0 Å². The van der Waals surface area contributed by atoms with Gasteiger partial charge in [-0.3, -0.25) is 4.79 Å². The summed E-state index contributed by atoms with van der Waals surface area (Å²) >= 11 is 0. The van der Waals surface area contributed by atoms with E-state index in [1.807, 2.05) is 6.92 Å². The molecule has 0 aromatic heterocycles. The maximum Gasteiger partial charge on any atom is 0.305 e. The minimum Gasteiger partial charge on any atom is -0.469 e. The van der Waals surface area contributed by atoms with Crippen LogP contribution in [0.25, 0.3) is 0 Å². The first kappa shape index (κ1) is 13.5. The minimum atomic E-state index is -0.151. The standard InChI is InChI=1S/C12H22O4/c1-4-9-8-16-12(15-5-2)7-10(9)6-11(13)14-3/h9-10,12H,4-8H2,1-3H3/t9-,10-,12+/m1/s1. The van der Waals surface area contributed by atoms with Gasteiger partial charge in [0.05, 0.1) is 13.7 Å². The van der Waals surface area contributed by atoms with Crippen molar-refractivity contribution < 1.29 is 19.0 Å². The number of carbonyl (C=O) groups is 1. The molecule has 0 N–H and O–H groups in total. The quantitative estimate of drug-likeness (QED) is 0.677. The monoisotopic (exact) mass is 230 g/mol. The highest BCUT2D eigenvalue weighted by Gasteiger charge is 2.32. The van der Waals surface area contributed by atoms with E-state index >= 15 is 0 Å². The van der Waals surface area contributed by atoms with Crippen LogP contribution in [0.4, 0.5) is 0 Å². The summed E-state index contributed by atoms with van der Waals surface area (Å²) < 4.78 is 15.8. The molecule has 4 heteroatoms. The molecule has 94 valence electrons. The van der Waals surface area contributed by atoms with Crippen LogP contribution in [0, 0.1) is 11.8 Å². The molecule has 0 aliphatic carbocycles. The van der Waals surface area contributed by atoms with Gasteiger partial charge in [0.2, 0.25) is 0 Å². The fourth-order valence-corrected chi connectivity index (χ4v) is 2.18. The van der Waals surface area contributed by atoms with Crippen molar-refractivity contribution in [3.63, 3.8) is 0 Å². The van der Waals surface area contributed by atoms with E-state index < -0.39 is 0 Å². The van der Waals surface area contributed by atoms with Gasteiger partial charge in [0.1, 0.15) is 0 Å². The zero-order valence-electron chi connectivity index (χ0n) is 10.4. The van der Waals surface area contributed by atoms with Gasteiger partial charge in [-0.15, -0.1) is 0 Å². The Morgan fingerprint density at radius 2 is 2.12 bits per heavy atom. The molecule has 1 fully saturated rings. The SMILES string of the molecule is CCO[C@@H]1C[C@@H](CC(=O)OC)[C@H](CC)CO1. The number of hydrogen-bond acceptors (Lipinski definition) is 4. The average Bonchev–Trinajstić information content (AvgIpc) is 2.30. The van der Waals surface area contributed by atoms with Crippen LogP contribution < -0.4 is 0 Å². The summed E-state index contributed by atoms with van der Waals surface area (Å²) in [5, 5.41) is 0. The van der Waals surface area contributed by atoms with E-state index in [1.54, 1.807) is 0 Å². The van der Waals surface area contributed by atoms with Crippen molar-refractivity contribution in [1.82, 2.24) is 0 Å². The van der Waals surface area contributed by atoms with Crippen LogP contribution in [0.3, 0.4) is 0 Å². The molecule has 1 rings (SSSR count). The molecule has 1 heterocycles. The lowest BCUT2D eigenvalue weighted by molar-refractivity contribution is -0.191.